The van der Waals surface area contributed by atoms with Gasteiger partial charge in [0.1, 0.15) is 5.75 Å². The molecule has 0 unspecified atom stereocenters. The summed E-state index contributed by atoms with van der Waals surface area (Å²) in [4.78, 5) is 15.7. The summed E-state index contributed by atoms with van der Waals surface area (Å²) in [5.41, 5.74) is 0.260. The zero-order valence-corrected chi connectivity index (χ0v) is 9.94. The Hall–Kier alpha value is -1.71. The molecule has 0 saturated carbocycles. The van der Waals surface area contributed by atoms with Crippen molar-refractivity contribution < 1.29 is 26.1 Å². The largest absolute Gasteiger partial charge is 0.488 e. The van der Waals surface area contributed by atoms with Crippen LogP contribution in [0.15, 0.2) is 24.3 Å². The first-order valence-electron chi connectivity index (χ1n) is 4.76. The number of halogens is 1. The Morgan fingerprint density at radius 2 is 1.94 bits per heavy atom. The number of hydrogen-bond donors (Lipinski definition) is 2. The molecule has 3 N–H and O–H groups in total. The molecule has 0 aliphatic rings. The van der Waals surface area contributed by atoms with Gasteiger partial charge in [-0.3, -0.25) is 4.79 Å². The third-order valence-electron chi connectivity index (χ3n) is 1.82. The first kappa shape index (κ1) is 14.4. The van der Waals surface area contributed by atoms with E-state index < -0.39 is 16.4 Å². The van der Waals surface area contributed by atoms with Crippen LogP contribution in [0.5, 0.6) is 5.75 Å². The lowest BCUT2D eigenvalue weighted by Crippen LogP contribution is -2.27. The van der Waals surface area contributed by atoms with Crippen molar-refractivity contribution in [2.75, 3.05) is 13.2 Å². The van der Waals surface area contributed by atoms with E-state index in [1.165, 1.54) is 12.1 Å². The molecule has 0 fully saturated rings. The van der Waals surface area contributed by atoms with Crippen molar-refractivity contribution in [3.8, 4) is 5.75 Å². The van der Waals surface area contributed by atoms with Crippen LogP contribution in [0.3, 0.4) is 0 Å². The van der Waals surface area contributed by atoms with Gasteiger partial charge in [-0.15, -0.1) is 0 Å². The summed E-state index contributed by atoms with van der Waals surface area (Å²) >= 11 is 0. The van der Waals surface area contributed by atoms with Gasteiger partial charge >= 0.3 is 10.5 Å². The number of carbonyl (C=O) groups excluding carboxylic acids is 1. The highest BCUT2D eigenvalue weighted by atomic mass is 32.3. The van der Waals surface area contributed by atoms with E-state index in [0.29, 0.717) is 0 Å². The average molecular weight is 278 g/mol. The van der Waals surface area contributed by atoms with Gasteiger partial charge in [0.2, 0.25) is 0 Å². The number of carbonyl (C=O) groups is 1. The van der Waals surface area contributed by atoms with Crippen LogP contribution in [-0.2, 0) is 15.3 Å². The Kier molecular flexibility index (Phi) is 5.01. The molecule has 0 spiro atoms. The van der Waals surface area contributed by atoms with E-state index in [2.05, 4.69) is 14.3 Å². The molecule has 1 rings (SSSR count). The monoisotopic (exact) mass is 278 g/mol. The van der Waals surface area contributed by atoms with E-state index >= 15 is 0 Å². The molecule has 1 aromatic carbocycles. The summed E-state index contributed by atoms with van der Waals surface area (Å²) in [6, 6.07) is 4.90. The minimum Gasteiger partial charge on any atom is -0.358 e. The van der Waals surface area contributed by atoms with E-state index in [1.54, 1.807) is 0 Å². The van der Waals surface area contributed by atoms with Crippen LogP contribution >= 0.6 is 0 Å². The standard InChI is InChI=1S/C9H11FN2O5S/c10-18(14,15)17-8-3-1-7(2-4-8)9(13)12-5-6-16-11/h1-4H,5-6,11H2,(H,12,13). The highest BCUT2D eigenvalue weighted by Crippen LogP contribution is 2.14. The molecule has 0 saturated heterocycles. The lowest BCUT2D eigenvalue weighted by molar-refractivity contribution is 0.0917. The molecular formula is C9H11FN2O5S. The quantitative estimate of drug-likeness (QED) is 0.427. The van der Waals surface area contributed by atoms with Crippen LogP contribution in [0, 0.1) is 0 Å². The van der Waals surface area contributed by atoms with Crippen LogP contribution in [0.4, 0.5) is 3.89 Å². The minimum atomic E-state index is -5.06. The molecule has 18 heavy (non-hydrogen) atoms. The first-order chi connectivity index (χ1) is 8.42. The van der Waals surface area contributed by atoms with E-state index in [0.717, 1.165) is 12.1 Å². The van der Waals surface area contributed by atoms with Crippen molar-refractivity contribution in [1.29, 1.82) is 0 Å². The van der Waals surface area contributed by atoms with Gasteiger partial charge in [-0.25, -0.2) is 5.90 Å². The second kappa shape index (κ2) is 6.28. The fraction of sp³-hybridized carbons (Fsp3) is 0.222. The number of nitrogens with one attached hydrogen (secondary N) is 1. The zero-order valence-electron chi connectivity index (χ0n) is 9.13. The Labute approximate surface area is 103 Å². The zero-order chi connectivity index (χ0) is 13.6. The molecule has 1 aromatic rings. The Bertz CT molecular complexity index is 502. The maximum atomic E-state index is 12.2. The highest BCUT2D eigenvalue weighted by molar-refractivity contribution is 7.81. The van der Waals surface area contributed by atoms with Crippen molar-refractivity contribution in [3.63, 3.8) is 0 Å². The molecule has 0 bridgehead atoms. The van der Waals surface area contributed by atoms with Gasteiger partial charge in [0.25, 0.3) is 5.91 Å². The second-order valence-corrected chi connectivity index (χ2v) is 4.08. The maximum absolute atomic E-state index is 12.2. The Morgan fingerprint density at radius 3 is 2.44 bits per heavy atom. The fourth-order valence-corrected chi connectivity index (χ4v) is 1.44. The predicted molar refractivity (Wildman–Crippen MR) is 59.6 cm³/mol. The van der Waals surface area contributed by atoms with Crippen molar-refractivity contribution in [3.05, 3.63) is 29.8 Å². The van der Waals surface area contributed by atoms with Crippen LogP contribution in [-0.4, -0.2) is 27.5 Å². The SMILES string of the molecule is NOCCNC(=O)c1ccc(OS(=O)(=O)F)cc1. The number of amides is 1. The smallest absolute Gasteiger partial charge is 0.358 e. The summed E-state index contributed by atoms with van der Waals surface area (Å²) in [7, 11) is -5.06. The summed E-state index contributed by atoms with van der Waals surface area (Å²) < 4.78 is 36.6. The van der Waals surface area contributed by atoms with Gasteiger partial charge in [0.15, 0.2) is 0 Å². The van der Waals surface area contributed by atoms with Gasteiger partial charge in [-0.1, -0.05) is 3.89 Å². The molecule has 0 aromatic heterocycles. The van der Waals surface area contributed by atoms with Crippen LogP contribution in [0.1, 0.15) is 10.4 Å². The first-order valence-corrected chi connectivity index (χ1v) is 6.07. The lowest BCUT2D eigenvalue weighted by Gasteiger charge is -2.05. The molecular weight excluding hydrogens is 267 g/mol. The molecule has 0 heterocycles. The molecule has 7 nitrogen and oxygen atoms in total. The van der Waals surface area contributed by atoms with Crippen LogP contribution in [0.25, 0.3) is 0 Å². The predicted octanol–water partition coefficient (Wildman–Crippen LogP) is -0.100. The molecule has 0 aliphatic carbocycles. The fourth-order valence-electron chi connectivity index (χ4n) is 1.10. The van der Waals surface area contributed by atoms with Crippen LogP contribution in [0.2, 0.25) is 0 Å². The summed E-state index contributed by atoms with van der Waals surface area (Å²) in [5.74, 6) is 4.15. The van der Waals surface area contributed by atoms with Crippen molar-refractivity contribution >= 4 is 16.4 Å². The Balaban J connectivity index is 2.62. The van der Waals surface area contributed by atoms with Gasteiger partial charge in [-0.05, 0) is 24.3 Å². The van der Waals surface area contributed by atoms with Crippen LogP contribution < -0.4 is 15.4 Å². The number of rotatable bonds is 6. The lowest BCUT2D eigenvalue weighted by atomic mass is 10.2. The molecule has 0 atom stereocenters. The topological polar surface area (TPSA) is 108 Å². The van der Waals surface area contributed by atoms with E-state index in [4.69, 9.17) is 5.90 Å². The summed E-state index contributed by atoms with van der Waals surface area (Å²) in [5, 5.41) is 2.49. The maximum Gasteiger partial charge on any atom is 0.488 e. The summed E-state index contributed by atoms with van der Waals surface area (Å²) in [6.07, 6.45) is 0. The van der Waals surface area contributed by atoms with Gasteiger partial charge < -0.3 is 14.3 Å². The van der Waals surface area contributed by atoms with Crippen molar-refractivity contribution in [2.45, 2.75) is 0 Å². The average Bonchev–Trinajstić information content (AvgIpc) is 2.28. The van der Waals surface area contributed by atoms with E-state index in [-0.39, 0.29) is 24.5 Å². The van der Waals surface area contributed by atoms with E-state index in [9.17, 15) is 17.1 Å². The van der Waals surface area contributed by atoms with Gasteiger partial charge in [0.05, 0.1) is 6.61 Å². The van der Waals surface area contributed by atoms with Crippen molar-refractivity contribution in [1.82, 2.24) is 5.32 Å². The highest BCUT2D eigenvalue weighted by Gasteiger charge is 2.10. The molecule has 1 amide bonds. The number of benzene rings is 1. The number of nitrogens with two attached hydrogens (primary N) is 1. The Morgan fingerprint density at radius 1 is 1.33 bits per heavy atom. The molecule has 0 radical (unpaired) electrons. The molecule has 0 aliphatic heterocycles. The summed E-state index contributed by atoms with van der Waals surface area (Å²) in [6.45, 7) is 0.388. The molecule has 100 valence electrons. The second-order valence-electron chi connectivity index (χ2n) is 3.13. The third-order valence-corrected chi connectivity index (χ3v) is 2.21. The van der Waals surface area contributed by atoms with Gasteiger partial charge in [0, 0.05) is 12.1 Å². The van der Waals surface area contributed by atoms with Crippen molar-refractivity contribution in [2.24, 2.45) is 5.90 Å². The normalized spacial score (nSPS) is 11.0. The number of hydrogen-bond acceptors (Lipinski definition) is 6. The molecule has 9 heteroatoms. The van der Waals surface area contributed by atoms with E-state index in [1.807, 2.05) is 0 Å². The third kappa shape index (κ3) is 5.08. The van der Waals surface area contributed by atoms with Gasteiger partial charge in [-0.2, -0.15) is 8.42 Å². The minimum absolute atomic E-state index is 0.160.